The van der Waals surface area contributed by atoms with E-state index < -0.39 is 0 Å². The molecule has 0 N–H and O–H groups in total. The fraction of sp³-hybridized carbons (Fsp3) is 0.556. The molecule has 0 aliphatic carbocycles. The van der Waals surface area contributed by atoms with Crippen molar-refractivity contribution in [1.29, 1.82) is 0 Å². The van der Waals surface area contributed by atoms with Crippen molar-refractivity contribution in [3.63, 3.8) is 0 Å². The van der Waals surface area contributed by atoms with Crippen LogP contribution in [0.3, 0.4) is 0 Å². The predicted molar refractivity (Wildman–Crippen MR) is 85.4 cm³/mol. The van der Waals surface area contributed by atoms with E-state index in [1.165, 1.54) is 6.42 Å². The van der Waals surface area contributed by atoms with Gasteiger partial charge in [0.1, 0.15) is 0 Å². The lowest BCUT2D eigenvalue weighted by molar-refractivity contribution is -0.128. The van der Waals surface area contributed by atoms with Crippen molar-refractivity contribution in [3.8, 4) is 0 Å². The SMILES string of the molecule is CC1CCCCN1C(=O)c1cccc(CN2CCCC2=O)c1. The van der Waals surface area contributed by atoms with Crippen molar-refractivity contribution in [2.45, 2.75) is 51.6 Å². The highest BCUT2D eigenvalue weighted by atomic mass is 16.2. The minimum Gasteiger partial charge on any atom is -0.338 e. The molecule has 2 aliphatic heterocycles. The predicted octanol–water partition coefficient (Wildman–Crippen LogP) is 2.82. The second-order valence-corrected chi connectivity index (χ2v) is 6.46. The van der Waals surface area contributed by atoms with Crippen LogP contribution in [0.1, 0.15) is 54.9 Å². The first-order valence-electron chi connectivity index (χ1n) is 8.33. The van der Waals surface area contributed by atoms with Crippen LogP contribution in [-0.4, -0.2) is 40.7 Å². The molecule has 3 rings (SSSR count). The minimum atomic E-state index is 0.127. The summed E-state index contributed by atoms with van der Waals surface area (Å²) in [5, 5.41) is 0. The van der Waals surface area contributed by atoms with Gasteiger partial charge in [0, 0.05) is 37.7 Å². The van der Waals surface area contributed by atoms with Gasteiger partial charge in [0.05, 0.1) is 0 Å². The highest BCUT2D eigenvalue weighted by Gasteiger charge is 2.25. The Morgan fingerprint density at radius 2 is 2.09 bits per heavy atom. The summed E-state index contributed by atoms with van der Waals surface area (Å²) in [4.78, 5) is 28.3. The van der Waals surface area contributed by atoms with Crippen molar-refractivity contribution in [1.82, 2.24) is 9.80 Å². The molecule has 22 heavy (non-hydrogen) atoms. The lowest BCUT2D eigenvalue weighted by atomic mass is 10.0. The highest BCUT2D eigenvalue weighted by Crippen LogP contribution is 2.20. The Bertz CT molecular complexity index is 570. The van der Waals surface area contributed by atoms with E-state index in [4.69, 9.17) is 0 Å². The van der Waals surface area contributed by atoms with E-state index in [0.29, 0.717) is 19.0 Å². The molecule has 0 saturated carbocycles. The van der Waals surface area contributed by atoms with E-state index in [2.05, 4.69) is 6.92 Å². The minimum absolute atomic E-state index is 0.127. The van der Waals surface area contributed by atoms with Crippen LogP contribution in [0.5, 0.6) is 0 Å². The lowest BCUT2D eigenvalue weighted by Gasteiger charge is -2.33. The molecule has 4 nitrogen and oxygen atoms in total. The third-order valence-corrected chi connectivity index (χ3v) is 4.78. The number of benzene rings is 1. The summed E-state index contributed by atoms with van der Waals surface area (Å²) < 4.78 is 0. The molecule has 1 aromatic rings. The number of hydrogen-bond donors (Lipinski definition) is 0. The third kappa shape index (κ3) is 3.16. The van der Waals surface area contributed by atoms with E-state index in [9.17, 15) is 9.59 Å². The van der Waals surface area contributed by atoms with Crippen molar-refractivity contribution >= 4 is 11.8 Å². The van der Waals surface area contributed by atoms with Crippen molar-refractivity contribution in [3.05, 3.63) is 35.4 Å². The number of hydrogen-bond acceptors (Lipinski definition) is 2. The molecule has 2 aliphatic rings. The quantitative estimate of drug-likeness (QED) is 0.861. The van der Waals surface area contributed by atoms with Gasteiger partial charge in [0.2, 0.25) is 5.91 Å². The molecule has 0 radical (unpaired) electrons. The van der Waals surface area contributed by atoms with Gasteiger partial charge in [0.15, 0.2) is 0 Å². The Labute approximate surface area is 132 Å². The number of amides is 2. The van der Waals surface area contributed by atoms with Gasteiger partial charge >= 0.3 is 0 Å². The van der Waals surface area contributed by atoms with E-state index in [-0.39, 0.29) is 11.8 Å². The first kappa shape index (κ1) is 15.1. The van der Waals surface area contributed by atoms with E-state index in [1.807, 2.05) is 34.1 Å². The van der Waals surface area contributed by atoms with Crippen LogP contribution in [0, 0.1) is 0 Å². The molecule has 4 heteroatoms. The van der Waals surface area contributed by atoms with Crippen LogP contribution in [0.4, 0.5) is 0 Å². The Hall–Kier alpha value is -1.84. The maximum atomic E-state index is 12.7. The zero-order valence-corrected chi connectivity index (χ0v) is 13.3. The second kappa shape index (κ2) is 6.51. The van der Waals surface area contributed by atoms with Gasteiger partial charge in [-0.3, -0.25) is 9.59 Å². The van der Waals surface area contributed by atoms with Crippen LogP contribution in [0.15, 0.2) is 24.3 Å². The van der Waals surface area contributed by atoms with Crippen LogP contribution >= 0.6 is 0 Å². The topological polar surface area (TPSA) is 40.6 Å². The molecule has 1 unspecified atom stereocenters. The molecule has 1 aromatic carbocycles. The van der Waals surface area contributed by atoms with Gasteiger partial charge in [0.25, 0.3) is 5.91 Å². The van der Waals surface area contributed by atoms with Gasteiger partial charge in [-0.25, -0.2) is 0 Å². The van der Waals surface area contributed by atoms with Crippen molar-refractivity contribution in [2.24, 2.45) is 0 Å². The number of likely N-dealkylation sites (tertiary alicyclic amines) is 2. The van der Waals surface area contributed by atoms with Crippen LogP contribution < -0.4 is 0 Å². The van der Waals surface area contributed by atoms with Crippen molar-refractivity contribution in [2.75, 3.05) is 13.1 Å². The second-order valence-electron chi connectivity index (χ2n) is 6.46. The summed E-state index contributed by atoms with van der Waals surface area (Å²) >= 11 is 0. The average molecular weight is 300 g/mol. The van der Waals surface area contributed by atoms with Gasteiger partial charge in [-0.05, 0) is 50.3 Å². The Morgan fingerprint density at radius 1 is 1.23 bits per heavy atom. The van der Waals surface area contributed by atoms with E-state index in [0.717, 1.165) is 43.5 Å². The van der Waals surface area contributed by atoms with E-state index in [1.54, 1.807) is 0 Å². The summed E-state index contributed by atoms with van der Waals surface area (Å²) in [5.41, 5.74) is 1.80. The molecular formula is C18H24N2O2. The number of rotatable bonds is 3. The Kier molecular flexibility index (Phi) is 4.46. The van der Waals surface area contributed by atoms with Gasteiger partial charge < -0.3 is 9.80 Å². The summed E-state index contributed by atoms with van der Waals surface area (Å²) in [6, 6.07) is 8.10. The maximum absolute atomic E-state index is 12.7. The molecule has 0 spiro atoms. The largest absolute Gasteiger partial charge is 0.338 e. The molecule has 118 valence electrons. The molecule has 2 saturated heterocycles. The summed E-state index contributed by atoms with van der Waals surface area (Å²) in [5.74, 6) is 0.350. The standard InChI is InChI=1S/C18H24N2O2/c1-14-6-2-3-11-20(14)18(22)16-8-4-7-15(12-16)13-19-10-5-9-17(19)21/h4,7-8,12,14H,2-3,5-6,9-11,13H2,1H3. The summed E-state index contributed by atoms with van der Waals surface area (Å²) in [6.07, 6.45) is 5.00. The number of carbonyl (C=O) groups excluding carboxylic acids is 2. The molecule has 2 amide bonds. The molecule has 1 atom stereocenters. The van der Waals surface area contributed by atoms with E-state index >= 15 is 0 Å². The van der Waals surface area contributed by atoms with Crippen LogP contribution in [0.25, 0.3) is 0 Å². The fourth-order valence-corrected chi connectivity index (χ4v) is 3.46. The first-order valence-corrected chi connectivity index (χ1v) is 8.33. The third-order valence-electron chi connectivity index (χ3n) is 4.78. The zero-order valence-electron chi connectivity index (χ0n) is 13.3. The zero-order chi connectivity index (χ0) is 15.5. The smallest absolute Gasteiger partial charge is 0.254 e. The van der Waals surface area contributed by atoms with Crippen LogP contribution in [0.2, 0.25) is 0 Å². The fourth-order valence-electron chi connectivity index (χ4n) is 3.46. The van der Waals surface area contributed by atoms with Crippen molar-refractivity contribution < 1.29 is 9.59 Å². The lowest BCUT2D eigenvalue weighted by Crippen LogP contribution is -2.42. The highest BCUT2D eigenvalue weighted by molar-refractivity contribution is 5.94. The van der Waals surface area contributed by atoms with Gasteiger partial charge in [-0.1, -0.05) is 12.1 Å². The van der Waals surface area contributed by atoms with Crippen LogP contribution in [-0.2, 0) is 11.3 Å². The molecule has 2 fully saturated rings. The van der Waals surface area contributed by atoms with Gasteiger partial charge in [-0.2, -0.15) is 0 Å². The molecular weight excluding hydrogens is 276 g/mol. The normalized spacial score (nSPS) is 22.2. The molecule has 0 bridgehead atoms. The summed E-state index contributed by atoms with van der Waals surface area (Å²) in [7, 11) is 0. The average Bonchev–Trinajstić information content (AvgIpc) is 2.92. The number of carbonyl (C=O) groups is 2. The first-order chi connectivity index (χ1) is 10.6. The van der Waals surface area contributed by atoms with Gasteiger partial charge in [-0.15, -0.1) is 0 Å². The Balaban J connectivity index is 1.72. The monoisotopic (exact) mass is 300 g/mol. The number of nitrogens with zero attached hydrogens (tertiary/aromatic N) is 2. The Morgan fingerprint density at radius 3 is 2.82 bits per heavy atom. The molecule has 2 heterocycles. The summed E-state index contributed by atoms with van der Waals surface area (Å²) in [6.45, 7) is 4.44. The maximum Gasteiger partial charge on any atom is 0.254 e. The number of piperidine rings is 1. The molecule has 0 aromatic heterocycles.